The molecular weight excluding hydrogens is 412 g/mol. The van der Waals surface area contributed by atoms with Gasteiger partial charge in [-0.2, -0.15) is 0 Å². The van der Waals surface area contributed by atoms with Crippen LogP contribution in [0.1, 0.15) is 5.56 Å². The zero-order valence-electron chi connectivity index (χ0n) is 15.1. The largest absolute Gasteiger partial charge is 0.481 e. The van der Waals surface area contributed by atoms with Gasteiger partial charge < -0.3 is 19.1 Å². The maximum atomic E-state index is 11.3. The molecule has 0 aliphatic carbocycles. The van der Waals surface area contributed by atoms with Crippen LogP contribution in [0.4, 0.5) is 11.4 Å². The molecule has 1 aliphatic rings. The van der Waals surface area contributed by atoms with Crippen molar-refractivity contribution < 1.29 is 19.0 Å². The molecule has 27 heavy (non-hydrogen) atoms. The van der Waals surface area contributed by atoms with Gasteiger partial charge in [-0.3, -0.25) is 4.99 Å². The van der Waals surface area contributed by atoms with Crippen molar-refractivity contribution in [1.29, 1.82) is 0 Å². The van der Waals surface area contributed by atoms with E-state index in [1.807, 2.05) is 24.3 Å². The SMILES string of the molecule is COC(=O)COc1ccc(Br)cc1C=Nc1ccc(N2CCOCC2)cc1. The van der Waals surface area contributed by atoms with Crippen LogP contribution in [0.15, 0.2) is 51.9 Å². The maximum absolute atomic E-state index is 11.3. The minimum Gasteiger partial charge on any atom is -0.481 e. The van der Waals surface area contributed by atoms with Gasteiger partial charge in [0.2, 0.25) is 0 Å². The number of benzene rings is 2. The van der Waals surface area contributed by atoms with Gasteiger partial charge in [0.05, 0.1) is 26.0 Å². The molecule has 0 bridgehead atoms. The molecule has 2 aromatic rings. The number of methoxy groups -OCH3 is 1. The highest BCUT2D eigenvalue weighted by Gasteiger charge is 2.11. The standard InChI is InChI=1S/C20H21BrN2O4/c1-25-20(24)14-27-19-7-2-16(21)12-15(19)13-22-17-3-5-18(6-4-17)23-8-10-26-11-9-23/h2-7,12-13H,8-11,14H2,1H3. The lowest BCUT2D eigenvalue weighted by Crippen LogP contribution is -2.36. The lowest BCUT2D eigenvalue weighted by Gasteiger charge is -2.28. The number of esters is 1. The van der Waals surface area contributed by atoms with E-state index in [-0.39, 0.29) is 6.61 Å². The topological polar surface area (TPSA) is 60.4 Å². The minimum atomic E-state index is -0.431. The molecule has 0 atom stereocenters. The van der Waals surface area contributed by atoms with Gasteiger partial charge in [0.1, 0.15) is 5.75 Å². The highest BCUT2D eigenvalue weighted by molar-refractivity contribution is 9.10. The number of morpholine rings is 1. The van der Waals surface area contributed by atoms with Crippen LogP contribution in [0, 0.1) is 0 Å². The van der Waals surface area contributed by atoms with Crippen molar-refractivity contribution in [2.24, 2.45) is 4.99 Å². The summed E-state index contributed by atoms with van der Waals surface area (Å²) in [6.45, 7) is 3.19. The van der Waals surface area contributed by atoms with E-state index in [9.17, 15) is 4.79 Å². The van der Waals surface area contributed by atoms with Crippen molar-refractivity contribution in [2.45, 2.75) is 0 Å². The highest BCUT2D eigenvalue weighted by atomic mass is 79.9. The van der Waals surface area contributed by atoms with Crippen LogP contribution in [-0.2, 0) is 14.3 Å². The van der Waals surface area contributed by atoms with Crippen molar-refractivity contribution in [3.8, 4) is 5.75 Å². The van der Waals surface area contributed by atoms with Gasteiger partial charge in [0.25, 0.3) is 0 Å². The number of nitrogens with zero attached hydrogens (tertiary/aromatic N) is 2. The number of rotatable bonds is 6. The number of hydrogen-bond donors (Lipinski definition) is 0. The molecule has 3 rings (SSSR count). The van der Waals surface area contributed by atoms with Gasteiger partial charge in [-0.1, -0.05) is 15.9 Å². The van der Waals surface area contributed by atoms with E-state index < -0.39 is 5.97 Å². The second kappa shape index (κ2) is 9.53. The van der Waals surface area contributed by atoms with E-state index >= 15 is 0 Å². The Morgan fingerprint density at radius 3 is 2.67 bits per heavy atom. The highest BCUT2D eigenvalue weighted by Crippen LogP contribution is 2.24. The summed E-state index contributed by atoms with van der Waals surface area (Å²) in [6, 6.07) is 13.6. The summed E-state index contributed by atoms with van der Waals surface area (Å²) in [5.41, 5.74) is 2.78. The maximum Gasteiger partial charge on any atom is 0.343 e. The zero-order chi connectivity index (χ0) is 19.1. The number of anilines is 1. The summed E-state index contributed by atoms with van der Waals surface area (Å²) >= 11 is 3.45. The van der Waals surface area contributed by atoms with E-state index in [2.05, 4.69) is 42.7 Å². The molecule has 0 radical (unpaired) electrons. The molecule has 6 nitrogen and oxygen atoms in total. The molecule has 0 aromatic heterocycles. The van der Waals surface area contributed by atoms with Gasteiger partial charge in [0, 0.05) is 35.0 Å². The predicted octanol–water partition coefficient (Wildman–Crippen LogP) is 3.59. The van der Waals surface area contributed by atoms with Gasteiger partial charge in [-0.15, -0.1) is 0 Å². The molecule has 0 unspecified atom stereocenters. The molecule has 1 saturated heterocycles. The molecule has 7 heteroatoms. The second-order valence-corrected chi connectivity index (χ2v) is 6.84. The molecule has 1 fully saturated rings. The molecule has 0 N–H and O–H groups in total. The average molecular weight is 433 g/mol. The zero-order valence-corrected chi connectivity index (χ0v) is 16.6. The van der Waals surface area contributed by atoms with E-state index in [1.165, 1.54) is 12.8 Å². The van der Waals surface area contributed by atoms with Crippen molar-refractivity contribution in [3.63, 3.8) is 0 Å². The first-order chi connectivity index (χ1) is 13.2. The number of aliphatic imine (C=N–C) groups is 1. The Kier molecular flexibility index (Phi) is 6.84. The Bertz CT molecular complexity index is 802. The van der Waals surface area contributed by atoms with Gasteiger partial charge in [0.15, 0.2) is 6.61 Å². The van der Waals surface area contributed by atoms with E-state index in [4.69, 9.17) is 9.47 Å². The number of hydrogen-bond acceptors (Lipinski definition) is 6. The Morgan fingerprint density at radius 2 is 1.96 bits per heavy atom. The van der Waals surface area contributed by atoms with Crippen LogP contribution in [0.2, 0.25) is 0 Å². The lowest BCUT2D eigenvalue weighted by molar-refractivity contribution is -0.142. The van der Waals surface area contributed by atoms with Crippen LogP contribution in [0.3, 0.4) is 0 Å². The Hall–Kier alpha value is -2.38. The second-order valence-electron chi connectivity index (χ2n) is 5.92. The normalized spacial score (nSPS) is 14.4. The van der Waals surface area contributed by atoms with E-state index in [1.54, 1.807) is 12.3 Å². The molecule has 1 heterocycles. The predicted molar refractivity (Wildman–Crippen MR) is 108 cm³/mol. The molecule has 2 aromatic carbocycles. The van der Waals surface area contributed by atoms with Crippen LogP contribution in [0.25, 0.3) is 0 Å². The first kappa shape index (κ1) is 19.4. The number of carbonyl (C=O) groups excluding carboxylic acids is 1. The summed E-state index contributed by atoms with van der Waals surface area (Å²) in [4.78, 5) is 18.1. The molecule has 0 amide bonds. The summed E-state index contributed by atoms with van der Waals surface area (Å²) in [5.74, 6) is 0.136. The average Bonchev–Trinajstić information content (AvgIpc) is 2.72. The van der Waals surface area contributed by atoms with E-state index in [0.29, 0.717) is 5.75 Å². The van der Waals surface area contributed by atoms with Crippen LogP contribution >= 0.6 is 15.9 Å². The number of carbonyl (C=O) groups is 1. The smallest absolute Gasteiger partial charge is 0.343 e. The quantitative estimate of drug-likeness (QED) is 0.515. The summed E-state index contributed by atoms with van der Waals surface area (Å²) in [7, 11) is 1.33. The molecule has 1 aliphatic heterocycles. The monoisotopic (exact) mass is 432 g/mol. The fourth-order valence-corrected chi connectivity index (χ4v) is 3.04. The first-order valence-corrected chi connectivity index (χ1v) is 9.41. The number of ether oxygens (including phenoxy) is 3. The van der Waals surface area contributed by atoms with Gasteiger partial charge in [-0.25, -0.2) is 4.79 Å². The molecule has 0 saturated carbocycles. The Labute approximate surface area is 166 Å². The fourth-order valence-electron chi connectivity index (χ4n) is 2.66. The Morgan fingerprint density at radius 1 is 1.22 bits per heavy atom. The first-order valence-electron chi connectivity index (χ1n) is 8.62. The lowest BCUT2D eigenvalue weighted by atomic mass is 10.2. The van der Waals surface area contributed by atoms with Crippen molar-refractivity contribution >= 4 is 39.5 Å². The molecule has 0 spiro atoms. The van der Waals surface area contributed by atoms with Gasteiger partial charge in [-0.05, 0) is 42.5 Å². The fraction of sp³-hybridized carbons (Fsp3) is 0.300. The number of halogens is 1. The van der Waals surface area contributed by atoms with Crippen LogP contribution < -0.4 is 9.64 Å². The third-order valence-corrected chi connectivity index (χ3v) is 4.62. The third-order valence-electron chi connectivity index (χ3n) is 4.12. The van der Waals surface area contributed by atoms with Crippen LogP contribution in [-0.4, -0.2) is 52.2 Å². The Balaban J connectivity index is 1.71. The minimum absolute atomic E-state index is 0.146. The molecular formula is C20H21BrN2O4. The summed E-state index contributed by atoms with van der Waals surface area (Å²) in [5, 5.41) is 0. The van der Waals surface area contributed by atoms with Crippen molar-refractivity contribution in [2.75, 3.05) is 44.9 Å². The van der Waals surface area contributed by atoms with E-state index in [0.717, 1.165) is 42.0 Å². The third kappa shape index (κ3) is 5.55. The summed E-state index contributed by atoms with van der Waals surface area (Å²) in [6.07, 6.45) is 1.72. The van der Waals surface area contributed by atoms with Crippen LogP contribution in [0.5, 0.6) is 5.75 Å². The summed E-state index contributed by atoms with van der Waals surface area (Å²) < 4.78 is 16.4. The van der Waals surface area contributed by atoms with Crippen molar-refractivity contribution in [1.82, 2.24) is 0 Å². The van der Waals surface area contributed by atoms with Crippen molar-refractivity contribution in [3.05, 3.63) is 52.5 Å². The van der Waals surface area contributed by atoms with Gasteiger partial charge >= 0.3 is 5.97 Å². The molecule has 142 valence electrons.